The van der Waals surface area contributed by atoms with E-state index in [9.17, 15) is 4.79 Å². The molecule has 34 heavy (non-hydrogen) atoms. The monoisotopic (exact) mass is 459 g/mol. The number of rotatable bonds is 8. The normalized spacial score (nSPS) is 15.6. The van der Waals surface area contributed by atoms with Crippen LogP contribution in [-0.2, 0) is 6.54 Å². The SMILES string of the molecule is CCCN(C)c1ccc(C2CN(Cc3ccc(OC)cc3)C(=O)N2c2ccc(N)c(N)c2)cc1. The molecule has 1 saturated heterocycles. The van der Waals surface area contributed by atoms with Gasteiger partial charge in [-0.1, -0.05) is 31.2 Å². The van der Waals surface area contributed by atoms with Crippen molar-refractivity contribution in [2.24, 2.45) is 0 Å². The number of nitrogens with zero attached hydrogens (tertiary/aromatic N) is 3. The average molecular weight is 460 g/mol. The lowest BCUT2D eigenvalue weighted by atomic mass is 10.0. The zero-order valence-corrected chi connectivity index (χ0v) is 20.1. The summed E-state index contributed by atoms with van der Waals surface area (Å²) in [4.78, 5) is 19.5. The molecule has 0 aliphatic carbocycles. The molecule has 1 unspecified atom stereocenters. The van der Waals surface area contributed by atoms with Crippen molar-refractivity contribution in [1.82, 2.24) is 4.90 Å². The van der Waals surface area contributed by atoms with Crippen molar-refractivity contribution >= 4 is 28.8 Å². The maximum atomic E-state index is 13.6. The Labute approximate surface area is 201 Å². The highest BCUT2D eigenvalue weighted by Gasteiger charge is 2.39. The number of urea groups is 1. The largest absolute Gasteiger partial charge is 0.497 e. The van der Waals surface area contributed by atoms with Crippen LogP contribution in [-0.4, -0.2) is 38.2 Å². The number of ether oxygens (including phenoxy) is 1. The fourth-order valence-corrected chi connectivity index (χ4v) is 4.41. The number of amides is 2. The maximum absolute atomic E-state index is 13.6. The molecule has 4 N–H and O–H groups in total. The van der Waals surface area contributed by atoms with Crippen molar-refractivity contribution in [3.8, 4) is 5.75 Å². The van der Waals surface area contributed by atoms with Crippen LogP contribution in [0.4, 0.5) is 27.5 Å². The highest BCUT2D eigenvalue weighted by Crippen LogP contribution is 2.37. The molecular formula is C27H33N5O2. The molecule has 0 bridgehead atoms. The summed E-state index contributed by atoms with van der Waals surface area (Å²) >= 11 is 0. The molecule has 1 fully saturated rings. The molecular weight excluding hydrogens is 426 g/mol. The topological polar surface area (TPSA) is 88.1 Å². The van der Waals surface area contributed by atoms with Gasteiger partial charge in [0.05, 0.1) is 24.5 Å². The molecule has 3 aromatic rings. The molecule has 0 saturated carbocycles. The maximum Gasteiger partial charge on any atom is 0.325 e. The van der Waals surface area contributed by atoms with Crippen molar-refractivity contribution in [1.29, 1.82) is 0 Å². The molecule has 0 spiro atoms. The predicted octanol–water partition coefficient (Wildman–Crippen LogP) is 4.89. The van der Waals surface area contributed by atoms with Crippen LogP contribution in [0.1, 0.15) is 30.5 Å². The minimum atomic E-state index is -0.140. The van der Waals surface area contributed by atoms with E-state index in [2.05, 4.69) is 43.1 Å². The summed E-state index contributed by atoms with van der Waals surface area (Å²) in [6, 6.07) is 21.5. The molecule has 7 nitrogen and oxygen atoms in total. The van der Waals surface area contributed by atoms with E-state index in [1.807, 2.05) is 40.1 Å². The summed E-state index contributed by atoms with van der Waals surface area (Å²) in [5.41, 5.74) is 17.0. The molecule has 1 aliphatic heterocycles. The van der Waals surface area contributed by atoms with E-state index in [4.69, 9.17) is 16.2 Å². The second-order valence-electron chi connectivity index (χ2n) is 8.72. The molecule has 4 rings (SSSR count). The van der Waals surface area contributed by atoms with Gasteiger partial charge in [0.1, 0.15) is 5.75 Å². The highest BCUT2D eigenvalue weighted by molar-refractivity contribution is 5.96. The van der Waals surface area contributed by atoms with Gasteiger partial charge in [0.25, 0.3) is 0 Å². The number of benzene rings is 3. The minimum Gasteiger partial charge on any atom is -0.497 e. The summed E-state index contributed by atoms with van der Waals surface area (Å²) in [5.74, 6) is 0.793. The Morgan fingerprint density at radius 2 is 1.71 bits per heavy atom. The number of nitrogen functional groups attached to an aromatic ring is 2. The van der Waals surface area contributed by atoms with E-state index in [-0.39, 0.29) is 12.1 Å². The van der Waals surface area contributed by atoms with Gasteiger partial charge in [-0.15, -0.1) is 0 Å². The molecule has 2 amide bonds. The second kappa shape index (κ2) is 9.95. The third-order valence-corrected chi connectivity index (χ3v) is 6.34. The Morgan fingerprint density at radius 1 is 1.00 bits per heavy atom. The Kier molecular flexibility index (Phi) is 6.82. The Hall–Kier alpha value is -3.87. The zero-order valence-electron chi connectivity index (χ0n) is 20.1. The van der Waals surface area contributed by atoms with Gasteiger partial charge >= 0.3 is 6.03 Å². The molecule has 0 aromatic heterocycles. The van der Waals surface area contributed by atoms with E-state index in [0.29, 0.717) is 24.5 Å². The van der Waals surface area contributed by atoms with E-state index >= 15 is 0 Å². The summed E-state index contributed by atoms with van der Waals surface area (Å²) < 4.78 is 5.26. The first kappa shape index (κ1) is 23.3. The lowest BCUT2D eigenvalue weighted by Gasteiger charge is -2.25. The van der Waals surface area contributed by atoms with Gasteiger partial charge in [-0.3, -0.25) is 4.90 Å². The van der Waals surface area contributed by atoms with Gasteiger partial charge in [-0.25, -0.2) is 4.79 Å². The molecule has 3 aromatic carbocycles. The number of anilines is 4. The van der Waals surface area contributed by atoms with Gasteiger partial charge in [-0.05, 0) is 60.0 Å². The van der Waals surface area contributed by atoms with Crippen LogP contribution < -0.4 is 26.0 Å². The van der Waals surface area contributed by atoms with Crippen LogP contribution in [0.5, 0.6) is 5.75 Å². The van der Waals surface area contributed by atoms with Crippen molar-refractivity contribution in [2.75, 3.05) is 48.5 Å². The Bertz CT molecular complexity index is 1130. The van der Waals surface area contributed by atoms with Gasteiger partial charge in [0.2, 0.25) is 0 Å². The lowest BCUT2D eigenvalue weighted by Crippen LogP contribution is -2.32. The number of carbonyl (C=O) groups is 1. The van der Waals surface area contributed by atoms with Crippen LogP contribution in [0.3, 0.4) is 0 Å². The van der Waals surface area contributed by atoms with Crippen LogP contribution in [0.15, 0.2) is 66.7 Å². The average Bonchev–Trinajstić information content (AvgIpc) is 3.17. The van der Waals surface area contributed by atoms with Crippen molar-refractivity contribution in [3.05, 3.63) is 77.9 Å². The first-order valence-corrected chi connectivity index (χ1v) is 11.6. The smallest absolute Gasteiger partial charge is 0.325 e. The molecule has 1 heterocycles. The summed E-state index contributed by atoms with van der Waals surface area (Å²) in [5, 5.41) is 0. The quantitative estimate of drug-likeness (QED) is 0.468. The number of hydrogen-bond donors (Lipinski definition) is 2. The van der Waals surface area contributed by atoms with Crippen molar-refractivity contribution < 1.29 is 9.53 Å². The van der Waals surface area contributed by atoms with E-state index in [1.54, 1.807) is 19.2 Å². The van der Waals surface area contributed by atoms with Crippen molar-refractivity contribution in [2.45, 2.75) is 25.9 Å². The predicted molar refractivity (Wildman–Crippen MR) is 139 cm³/mol. The second-order valence-corrected chi connectivity index (χ2v) is 8.72. The van der Waals surface area contributed by atoms with Crippen LogP contribution >= 0.6 is 0 Å². The first-order valence-electron chi connectivity index (χ1n) is 11.6. The van der Waals surface area contributed by atoms with E-state index in [1.165, 1.54) is 0 Å². The zero-order chi connectivity index (χ0) is 24.2. The number of hydrogen-bond acceptors (Lipinski definition) is 5. The van der Waals surface area contributed by atoms with Crippen LogP contribution in [0.25, 0.3) is 0 Å². The summed E-state index contributed by atoms with van der Waals surface area (Å²) in [6.07, 6.45) is 1.09. The van der Waals surface area contributed by atoms with Gasteiger partial charge in [0.15, 0.2) is 0 Å². The number of nitrogens with two attached hydrogens (primary N) is 2. The van der Waals surface area contributed by atoms with E-state index < -0.39 is 0 Å². The molecule has 0 radical (unpaired) electrons. The van der Waals surface area contributed by atoms with Gasteiger partial charge in [-0.2, -0.15) is 0 Å². The van der Waals surface area contributed by atoms with Gasteiger partial charge in [0, 0.05) is 38.1 Å². The summed E-state index contributed by atoms with van der Waals surface area (Å²) in [6.45, 7) is 4.24. The Morgan fingerprint density at radius 3 is 2.32 bits per heavy atom. The van der Waals surface area contributed by atoms with Crippen LogP contribution in [0, 0.1) is 0 Å². The Balaban J connectivity index is 1.65. The highest BCUT2D eigenvalue weighted by atomic mass is 16.5. The fraction of sp³-hybridized carbons (Fsp3) is 0.296. The molecule has 1 aliphatic rings. The number of carbonyl (C=O) groups excluding carboxylic acids is 1. The lowest BCUT2D eigenvalue weighted by molar-refractivity contribution is 0.218. The van der Waals surface area contributed by atoms with Crippen molar-refractivity contribution in [3.63, 3.8) is 0 Å². The molecule has 7 heteroatoms. The minimum absolute atomic E-state index is 0.0582. The standard InChI is InChI=1S/C27H33N5O2/c1-4-15-30(2)21-9-7-20(8-10-21)26-18-31(17-19-5-12-23(34-3)13-6-19)27(33)32(26)22-11-14-24(28)25(29)16-22/h5-14,16,26H,4,15,17-18,28-29H2,1-3H3. The van der Waals surface area contributed by atoms with Crippen LogP contribution in [0.2, 0.25) is 0 Å². The fourth-order valence-electron chi connectivity index (χ4n) is 4.41. The summed E-state index contributed by atoms with van der Waals surface area (Å²) in [7, 11) is 3.74. The third kappa shape index (κ3) is 4.73. The number of methoxy groups -OCH3 is 1. The molecule has 178 valence electrons. The first-order chi connectivity index (χ1) is 16.4. The van der Waals surface area contributed by atoms with Gasteiger partial charge < -0.3 is 26.0 Å². The van der Waals surface area contributed by atoms with E-state index in [0.717, 1.165) is 41.2 Å². The third-order valence-electron chi connectivity index (χ3n) is 6.34. The molecule has 1 atom stereocenters.